The zero-order valence-electron chi connectivity index (χ0n) is 14.0. The van der Waals surface area contributed by atoms with Crippen molar-refractivity contribution in [1.29, 1.82) is 0 Å². The van der Waals surface area contributed by atoms with Crippen molar-refractivity contribution in [2.75, 3.05) is 18.5 Å². The van der Waals surface area contributed by atoms with Crippen LogP contribution in [0.25, 0.3) is 10.9 Å². The van der Waals surface area contributed by atoms with Crippen molar-refractivity contribution in [3.63, 3.8) is 0 Å². The highest BCUT2D eigenvalue weighted by Gasteiger charge is 2.30. The quantitative estimate of drug-likeness (QED) is 0.801. The van der Waals surface area contributed by atoms with Crippen LogP contribution in [0.3, 0.4) is 0 Å². The topological polar surface area (TPSA) is 54.5 Å². The van der Waals surface area contributed by atoms with Crippen LogP contribution in [0.1, 0.15) is 5.69 Å². The Bertz CT molecular complexity index is 925. The van der Waals surface area contributed by atoms with Crippen molar-refractivity contribution < 1.29 is 9.53 Å². The molecule has 0 fully saturated rings. The normalized spacial score (nSPS) is 16.2. The number of ether oxygens (including phenoxy) is 1. The van der Waals surface area contributed by atoms with E-state index in [1.54, 1.807) is 7.05 Å². The number of nitrogens with zero attached hydrogens (tertiary/aromatic N) is 2. The molecule has 0 spiro atoms. The van der Waals surface area contributed by atoms with Gasteiger partial charge < -0.3 is 15.0 Å². The number of aromatic nitrogens is 1. The van der Waals surface area contributed by atoms with Crippen LogP contribution < -0.4 is 15.0 Å². The van der Waals surface area contributed by atoms with E-state index >= 15 is 0 Å². The predicted molar refractivity (Wildman–Crippen MR) is 97.7 cm³/mol. The Morgan fingerprint density at radius 3 is 2.84 bits per heavy atom. The fraction of sp³-hybridized carbons (Fsp3) is 0.200. The number of hydrogen-bond donors (Lipinski definition) is 1. The van der Waals surface area contributed by atoms with E-state index in [4.69, 9.17) is 9.72 Å². The van der Waals surface area contributed by atoms with Gasteiger partial charge in [0.05, 0.1) is 30.0 Å². The summed E-state index contributed by atoms with van der Waals surface area (Å²) < 4.78 is 5.85. The number of nitrogens with one attached hydrogen (secondary N) is 1. The minimum atomic E-state index is -0.527. The lowest BCUT2D eigenvalue weighted by Crippen LogP contribution is -2.48. The highest BCUT2D eigenvalue weighted by atomic mass is 16.5. The van der Waals surface area contributed by atoms with Gasteiger partial charge in [-0.2, -0.15) is 0 Å². The Morgan fingerprint density at radius 2 is 1.96 bits per heavy atom. The summed E-state index contributed by atoms with van der Waals surface area (Å²) in [5, 5.41) is 3.79. The summed E-state index contributed by atoms with van der Waals surface area (Å²) in [4.78, 5) is 19.0. The SMILES string of the molecule is CNC(=O)[C@@H]1CN(Cc2ccc3ccccc3n2)c2ccccc2O1. The molecular weight excluding hydrogens is 314 g/mol. The van der Waals surface area contributed by atoms with Gasteiger partial charge in [0.1, 0.15) is 5.75 Å². The second-order valence-electron chi connectivity index (χ2n) is 6.06. The molecule has 0 radical (unpaired) electrons. The third-order valence-corrected chi connectivity index (χ3v) is 4.41. The predicted octanol–water partition coefficient (Wildman–Crippen LogP) is 2.75. The maximum atomic E-state index is 12.1. The van der Waals surface area contributed by atoms with Crippen molar-refractivity contribution in [3.8, 4) is 5.75 Å². The third-order valence-electron chi connectivity index (χ3n) is 4.41. The molecule has 5 heteroatoms. The summed E-state index contributed by atoms with van der Waals surface area (Å²) >= 11 is 0. The first-order valence-corrected chi connectivity index (χ1v) is 8.31. The number of likely N-dealkylation sites (N-methyl/N-ethyl adjacent to an activating group) is 1. The number of anilines is 1. The van der Waals surface area contributed by atoms with Crippen LogP contribution in [0.15, 0.2) is 60.7 Å². The Labute approximate surface area is 146 Å². The van der Waals surface area contributed by atoms with Gasteiger partial charge in [-0.15, -0.1) is 0 Å². The van der Waals surface area contributed by atoms with Crippen LogP contribution in [0.5, 0.6) is 5.75 Å². The lowest BCUT2D eigenvalue weighted by molar-refractivity contribution is -0.127. The molecule has 2 aromatic carbocycles. The number of amides is 1. The van der Waals surface area contributed by atoms with Gasteiger partial charge in [-0.05, 0) is 24.3 Å². The fourth-order valence-electron chi connectivity index (χ4n) is 3.15. The van der Waals surface area contributed by atoms with Gasteiger partial charge in [-0.3, -0.25) is 9.78 Å². The average Bonchev–Trinajstić information content (AvgIpc) is 2.67. The molecule has 3 aromatic rings. The van der Waals surface area contributed by atoms with Crippen LogP contribution in [0, 0.1) is 0 Å². The van der Waals surface area contributed by atoms with Crippen molar-refractivity contribution in [2.24, 2.45) is 0 Å². The van der Waals surface area contributed by atoms with Gasteiger partial charge in [0.2, 0.25) is 0 Å². The highest BCUT2D eigenvalue weighted by Crippen LogP contribution is 2.34. The van der Waals surface area contributed by atoms with Crippen molar-refractivity contribution in [1.82, 2.24) is 10.3 Å². The largest absolute Gasteiger partial charge is 0.477 e. The molecule has 1 atom stereocenters. The van der Waals surface area contributed by atoms with Gasteiger partial charge >= 0.3 is 0 Å². The van der Waals surface area contributed by atoms with E-state index < -0.39 is 6.10 Å². The van der Waals surface area contributed by atoms with Gasteiger partial charge in [-0.25, -0.2) is 0 Å². The maximum absolute atomic E-state index is 12.1. The first kappa shape index (κ1) is 15.4. The summed E-state index contributed by atoms with van der Waals surface area (Å²) in [6, 6.07) is 20.0. The molecule has 1 aromatic heterocycles. The molecule has 1 aliphatic heterocycles. The van der Waals surface area contributed by atoms with E-state index in [9.17, 15) is 4.79 Å². The summed E-state index contributed by atoms with van der Waals surface area (Å²) in [6.07, 6.45) is -0.527. The second kappa shape index (κ2) is 6.43. The van der Waals surface area contributed by atoms with Gasteiger partial charge in [0.15, 0.2) is 6.10 Å². The van der Waals surface area contributed by atoms with Crippen LogP contribution in [-0.4, -0.2) is 30.6 Å². The van der Waals surface area contributed by atoms with E-state index in [0.717, 1.165) is 28.0 Å². The lowest BCUT2D eigenvalue weighted by Gasteiger charge is -2.35. The number of pyridine rings is 1. The lowest BCUT2D eigenvalue weighted by atomic mass is 10.1. The summed E-state index contributed by atoms with van der Waals surface area (Å²) in [5.41, 5.74) is 2.92. The summed E-state index contributed by atoms with van der Waals surface area (Å²) in [6.45, 7) is 1.11. The molecule has 1 amide bonds. The summed E-state index contributed by atoms with van der Waals surface area (Å²) in [7, 11) is 1.63. The van der Waals surface area contributed by atoms with E-state index in [1.165, 1.54) is 0 Å². The standard InChI is InChI=1S/C20H19N3O2/c1-21-20(24)19-13-23(17-8-4-5-9-18(17)25-19)12-15-11-10-14-6-2-3-7-16(14)22-15/h2-11,19H,12-13H2,1H3,(H,21,24)/t19-/m0/s1. The second-order valence-corrected chi connectivity index (χ2v) is 6.06. The van der Waals surface area contributed by atoms with Gasteiger partial charge in [0.25, 0.3) is 5.91 Å². The van der Waals surface area contributed by atoms with E-state index in [-0.39, 0.29) is 5.91 Å². The van der Waals surface area contributed by atoms with Gasteiger partial charge in [-0.1, -0.05) is 36.4 Å². The number of hydrogen-bond acceptors (Lipinski definition) is 4. The number of para-hydroxylation sites is 3. The molecule has 4 rings (SSSR count). The minimum Gasteiger partial charge on any atom is -0.477 e. The van der Waals surface area contributed by atoms with E-state index in [2.05, 4.69) is 22.3 Å². The molecule has 0 aliphatic carbocycles. The molecule has 0 saturated carbocycles. The van der Waals surface area contributed by atoms with Crippen molar-refractivity contribution >= 4 is 22.5 Å². The summed E-state index contributed by atoms with van der Waals surface area (Å²) in [5.74, 6) is 0.606. The molecule has 0 saturated heterocycles. The molecule has 0 unspecified atom stereocenters. The number of carbonyl (C=O) groups excluding carboxylic acids is 1. The Balaban J connectivity index is 1.66. The minimum absolute atomic E-state index is 0.119. The molecule has 1 aliphatic rings. The van der Waals surface area contributed by atoms with Gasteiger partial charge in [0, 0.05) is 12.4 Å². The molecule has 1 N–H and O–H groups in total. The molecule has 5 nitrogen and oxygen atoms in total. The van der Waals surface area contributed by atoms with Crippen molar-refractivity contribution in [3.05, 3.63) is 66.4 Å². The maximum Gasteiger partial charge on any atom is 0.262 e. The van der Waals surface area contributed by atoms with E-state index in [0.29, 0.717) is 13.1 Å². The monoisotopic (exact) mass is 333 g/mol. The van der Waals surface area contributed by atoms with E-state index in [1.807, 2.05) is 48.5 Å². The van der Waals surface area contributed by atoms with Crippen LogP contribution in [-0.2, 0) is 11.3 Å². The molecule has 126 valence electrons. The zero-order valence-corrected chi connectivity index (χ0v) is 14.0. The first-order chi connectivity index (χ1) is 12.2. The smallest absolute Gasteiger partial charge is 0.262 e. The number of rotatable bonds is 3. The highest BCUT2D eigenvalue weighted by molar-refractivity contribution is 5.83. The Morgan fingerprint density at radius 1 is 1.16 bits per heavy atom. The molecular formula is C20H19N3O2. The molecule has 2 heterocycles. The average molecular weight is 333 g/mol. The third kappa shape index (κ3) is 3.01. The van der Waals surface area contributed by atoms with Crippen LogP contribution in [0.4, 0.5) is 5.69 Å². The molecule has 0 bridgehead atoms. The fourth-order valence-corrected chi connectivity index (χ4v) is 3.15. The number of benzene rings is 2. The molecule has 25 heavy (non-hydrogen) atoms. The first-order valence-electron chi connectivity index (χ1n) is 8.31. The van der Waals surface area contributed by atoms with Crippen molar-refractivity contribution in [2.45, 2.75) is 12.6 Å². The van der Waals surface area contributed by atoms with Crippen LogP contribution in [0.2, 0.25) is 0 Å². The number of fused-ring (bicyclic) bond motifs is 2. The number of carbonyl (C=O) groups is 1. The Hall–Kier alpha value is -3.08. The Kier molecular flexibility index (Phi) is 3.98. The zero-order chi connectivity index (χ0) is 17.2. The van der Waals surface area contributed by atoms with Crippen LogP contribution >= 0.6 is 0 Å².